The molecule has 0 fully saturated rings. The third kappa shape index (κ3) is 12.3. The molecule has 0 bridgehead atoms. The summed E-state index contributed by atoms with van der Waals surface area (Å²) in [5, 5.41) is 34.2. The summed E-state index contributed by atoms with van der Waals surface area (Å²) in [5.41, 5.74) is 26.3. The maximum absolute atomic E-state index is 9.21. The van der Waals surface area contributed by atoms with Crippen molar-refractivity contribution in [3.05, 3.63) is 345 Å². The number of benzene rings is 12. The molecular weight excluding hydrogens is 1210 g/mol. The summed E-state index contributed by atoms with van der Waals surface area (Å²) in [6.07, 6.45) is 6.72. The van der Waals surface area contributed by atoms with E-state index in [9.17, 15) is 15.8 Å². The fourth-order valence-corrected chi connectivity index (χ4v) is 12.9. The molecule has 0 unspecified atom stereocenters. The van der Waals surface area contributed by atoms with E-state index in [4.69, 9.17) is 13.3 Å². The van der Waals surface area contributed by atoms with Crippen LogP contribution in [0.5, 0.6) is 0 Å². The first-order valence-corrected chi connectivity index (χ1v) is 32.3. The molecule has 0 radical (unpaired) electrons. The molecule has 0 amide bonds. The summed E-state index contributed by atoms with van der Waals surface area (Å²) in [7, 11) is 0. The second-order valence-corrected chi connectivity index (χ2v) is 24.1. The number of rotatable bonds is 9. The molecule has 0 aliphatic heterocycles. The van der Waals surface area contributed by atoms with Crippen LogP contribution in [0.4, 0.5) is 0 Å². The second-order valence-electron chi connectivity index (χ2n) is 24.1. The number of hydrogen-bond donors (Lipinski definition) is 0. The van der Waals surface area contributed by atoms with Gasteiger partial charge in [0.2, 0.25) is 0 Å². The average molecular weight is 1270 g/mol. The first-order valence-electron chi connectivity index (χ1n) is 32.3. The van der Waals surface area contributed by atoms with Crippen LogP contribution in [0.1, 0.15) is 16.8 Å². The predicted octanol–water partition coefficient (Wildman–Crippen LogP) is 23.6. The van der Waals surface area contributed by atoms with E-state index in [-0.39, 0.29) is 0 Å². The van der Waals surface area contributed by atoms with Gasteiger partial charge in [0, 0.05) is 68.2 Å². The molecule has 0 aliphatic carbocycles. The molecule has 0 N–H and O–H groups in total. The molecule has 0 aliphatic rings. The summed E-state index contributed by atoms with van der Waals surface area (Å²) in [6, 6.07) is 110. The molecule has 462 valence electrons. The summed E-state index contributed by atoms with van der Waals surface area (Å²) < 4.78 is 18.3. The lowest BCUT2D eigenvalue weighted by Crippen LogP contribution is -1.86. The van der Waals surface area contributed by atoms with Gasteiger partial charge in [0.25, 0.3) is 0 Å². The Morgan fingerprint density at radius 1 is 0.222 bits per heavy atom. The van der Waals surface area contributed by atoms with Gasteiger partial charge in [0.15, 0.2) is 0 Å². The van der Waals surface area contributed by atoms with Gasteiger partial charge in [0.1, 0.15) is 51.3 Å². The van der Waals surface area contributed by atoms with E-state index in [0.717, 1.165) is 133 Å². The van der Waals surface area contributed by atoms with Gasteiger partial charge < -0.3 is 13.3 Å². The Balaban J connectivity index is 0.000000116. The van der Waals surface area contributed by atoms with Gasteiger partial charge in [-0.2, -0.15) is 15.8 Å². The van der Waals surface area contributed by atoms with E-state index in [2.05, 4.69) is 221 Å². The Morgan fingerprint density at radius 2 is 0.545 bits per heavy atom. The molecule has 99 heavy (non-hydrogen) atoms. The number of furan rings is 3. The van der Waals surface area contributed by atoms with Crippen LogP contribution in [0.2, 0.25) is 0 Å². The summed E-state index contributed by atoms with van der Waals surface area (Å²) in [5.74, 6) is 0. The zero-order valence-electron chi connectivity index (χ0n) is 53.1. The van der Waals surface area contributed by atoms with Gasteiger partial charge in [-0.15, -0.1) is 0 Å². The zero-order chi connectivity index (χ0) is 66.6. The number of nitriles is 3. The standard InChI is InChI=1S/3C30H18N2O/c31-17-20-13-26(19-32-18-20)23-8-4-7-22(14-23)25-10-12-30-28(16-25)27-15-24(9-11-29(27)33-30)21-5-2-1-3-6-21;31-19-20-13-14-32-28(15-20)25-8-4-7-22(16-25)24-10-12-30-27(18-24)26-17-23(9-11-29(26)33-30)21-5-2-1-3-6-21;31-19-26-16-25(13-14-32-26)22-8-4-7-21(15-22)24-10-12-30-28(18-24)27-17-23(9-11-29(27)33-30)20-5-2-1-3-6-20/h1-16,18-19H;2*1-18H. The molecule has 9 heteroatoms. The Bertz CT molecular complexity index is 5620. The fourth-order valence-electron chi connectivity index (χ4n) is 12.9. The van der Waals surface area contributed by atoms with Crippen LogP contribution in [0.25, 0.3) is 166 Å². The maximum atomic E-state index is 9.21. The summed E-state index contributed by atoms with van der Waals surface area (Å²) >= 11 is 0. The van der Waals surface area contributed by atoms with Gasteiger partial charge in [-0.05, 0) is 205 Å². The van der Waals surface area contributed by atoms with Gasteiger partial charge >= 0.3 is 0 Å². The highest BCUT2D eigenvalue weighted by molar-refractivity contribution is 6.10. The maximum Gasteiger partial charge on any atom is 0.141 e. The lowest BCUT2D eigenvalue weighted by Gasteiger charge is -2.07. The second kappa shape index (κ2) is 26.4. The number of aromatic nitrogens is 3. The van der Waals surface area contributed by atoms with E-state index >= 15 is 0 Å². The Hall–Kier alpha value is -14.0. The number of fused-ring (bicyclic) bond motifs is 9. The normalized spacial score (nSPS) is 11.0. The van der Waals surface area contributed by atoms with Crippen LogP contribution in [-0.4, -0.2) is 15.0 Å². The van der Waals surface area contributed by atoms with Crippen molar-refractivity contribution in [2.45, 2.75) is 0 Å². The van der Waals surface area contributed by atoms with Crippen molar-refractivity contribution in [2.75, 3.05) is 0 Å². The van der Waals surface area contributed by atoms with Crippen molar-refractivity contribution in [1.29, 1.82) is 15.8 Å². The molecular formula is C90H54N6O3. The molecule has 0 saturated heterocycles. The van der Waals surface area contributed by atoms with Crippen LogP contribution in [0.3, 0.4) is 0 Å². The lowest BCUT2D eigenvalue weighted by molar-refractivity contribution is 0.668. The van der Waals surface area contributed by atoms with Crippen molar-refractivity contribution >= 4 is 65.8 Å². The van der Waals surface area contributed by atoms with Crippen molar-refractivity contribution in [3.63, 3.8) is 0 Å². The van der Waals surface area contributed by atoms with Crippen LogP contribution in [0.15, 0.2) is 341 Å². The number of hydrogen-bond acceptors (Lipinski definition) is 9. The molecule has 6 aromatic heterocycles. The largest absolute Gasteiger partial charge is 0.456 e. The Morgan fingerprint density at radius 3 is 0.929 bits per heavy atom. The van der Waals surface area contributed by atoms with Crippen LogP contribution < -0.4 is 0 Å². The van der Waals surface area contributed by atoms with E-state index in [0.29, 0.717) is 16.8 Å². The van der Waals surface area contributed by atoms with Gasteiger partial charge in [-0.3, -0.25) is 9.97 Å². The SMILES string of the molecule is N#Cc1cc(-c2cccc(-c3ccc4oc5ccc(-c6ccccc6)cc5c4c3)c2)ccn1.N#Cc1ccnc(-c2cccc(-c3ccc4oc5ccc(-c6ccccc6)cc5c4c3)c2)c1.N#Cc1cncc(-c2cccc(-c3ccc4oc5ccc(-c6ccccc6)cc5c4c3)c2)c1. The average Bonchev–Trinajstić information content (AvgIpc) is 1.65. The van der Waals surface area contributed by atoms with Crippen LogP contribution >= 0.6 is 0 Å². The molecule has 0 spiro atoms. The molecule has 12 aromatic carbocycles. The van der Waals surface area contributed by atoms with Crippen molar-refractivity contribution in [3.8, 4) is 118 Å². The van der Waals surface area contributed by atoms with Gasteiger partial charge in [0.05, 0.1) is 22.9 Å². The minimum atomic E-state index is 0.415. The molecule has 0 atom stereocenters. The predicted molar refractivity (Wildman–Crippen MR) is 398 cm³/mol. The molecule has 18 aromatic rings. The first kappa shape index (κ1) is 59.9. The van der Waals surface area contributed by atoms with Crippen molar-refractivity contribution < 1.29 is 13.3 Å². The van der Waals surface area contributed by atoms with Crippen LogP contribution in [-0.2, 0) is 0 Å². The smallest absolute Gasteiger partial charge is 0.141 e. The van der Waals surface area contributed by atoms with E-state index in [1.807, 2.05) is 109 Å². The number of pyridine rings is 3. The van der Waals surface area contributed by atoms with Crippen LogP contribution in [0, 0.1) is 34.0 Å². The highest BCUT2D eigenvalue weighted by Gasteiger charge is 2.16. The lowest BCUT2D eigenvalue weighted by atomic mass is 9.97. The minimum absolute atomic E-state index is 0.415. The minimum Gasteiger partial charge on any atom is -0.456 e. The van der Waals surface area contributed by atoms with Gasteiger partial charge in [-0.1, -0.05) is 182 Å². The van der Waals surface area contributed by atoms with E-state index in [1.54, 1.807) is 30.9 Å². The topological polar surface area (TPSA) is 149 Å². The Kier molecular flexibility index (Phi) is 16.0. The van der Waals surface area contributed by atoms with Crippen molar-refractivity contribution in [1.82, 2.24) is 15.0 Å². The first-order chi connectivity index (χ1) is 48.8. The van der Waals surface area contributed by atoms with Gasteiger partial charge in [-0.25, -0.2) is 4.98 Å². The highest BCUT2D eigenvalue weighted by Crippen LogP contribution is 2.40. The van der Waals surface area contributed by atoms with E-state index in [1.165, 1.54) is 33.4 Å². The summed E-state index contributed by atoms with van der Waals surface area (Å²) in [6.45, 7) is 0. The molecule has 9 nitrogen and oxygen atoms in total. The zero-order valence-corrected chi connectivity index (χ0v) is 53.1. The van der Waals surface area contributed by atoms with E-state index < -0.39 is 0 Å². The highest BCUT2D eigenvalue weighted by atomic mass is 16.3. The third-order valence-corrected chi connectivity index (χ3v) is 17.9. The summed E-state index contributed by atoms with van der Waals surface area (Å²) in [4.78, 5) is 12.7. The molecule has 6 heterocycles. The number of nitrogens with zero attached hydrogens (tertiary/aromatic N) is 6. The Labute approximate surface area is 569 Å². The fraction of sp³-hybridized carbons (Fsp3) is 0. The third-order valence-electron chi connectivity index (χ3n) is 17.9. The van der Waals surface area contributed by atoms with Crippen molar-refractivity contribution in [2.24, 2.45) is 0 Å². The molecule has 18 rings (SSSR count). The monoisotopic (exact) mass is 1270 g/mol. The molecule has 0 saturated carbocycles. The quantitative estimate of drug-likeness (QED) is 0.138.